The molecule has 0 radical (unpaired) electrons. The van der Waals surface area contributed by atoms with E-state index in [0.717, 1.165) is 15.1 Å². The number of thiophene rings is 1. The minimum Gasteiger partial charge on any atom is -0.373 e. The van der Waals surface area contributed by atoms with E-state index in [2.05, 4.69) is 15.9 Å². The molecule has 1 aromatic heterocycles. The normalized spacial score (nSPS) is 10.3. The van der Waals surface area contributed by atoms with Crippen LogP contribution in [-0.2, 0) is 4.74 Å². The Hall–Kier alpha value is -0.190. The average Bonchev–Trinajstić information content (AvgIpc) is 2.52. The van der Waals surface area contributed by atoms with Gasteiger partial charge in [-0.05, 0) is 34.5 Å². The summed E-state index contributed by atoms with van der Waals surface area (Å²) in [5, 5.41) is 0. The maximum atomic E-state index is 11.4. The molecule has 0 spiro atoms. The van der Waals surface area contributed by atoms with Crippen molar-refractivity contribution < 1.29 is 9.53 Å². The highest BCUT2D eigenvalue weighted by Gasteiger charge is 2.07. The molecule has 0 bridgehead atoms. The average molecular weight is 263 g/mol. The summed E-state index contributed by atoms with van der Waals surface area (Å²) in [5.41, 5.74) is 0. The highest BCUT2D eigenvalue weighted by Crippen LogP contribution is 2.22. The predicted octanol–water partition coefficient (Wildman–Crippen LogP) is 3.12. The molecule has 13 heavy (non-hydrogen) atoms. The molecule has 1 aromatic rings. The van der Waals surface area contributed by atoms with E-state index in [0.29, 0.717) is 6.61 Å². The van der Waals surface area contributed by atoms with Crippen LogP contribution >= 0.6 is 27.3 Å². The minimum absolute atomic E-state index is 0.0594. The molecule has 1 rings (SSSR count). The maximum Gasteiger partial charge on any atom is 0.198 e. The van der Waals surface area contributed by atoms with Gasteiger partial charge in [0, 0.05) is 6.61 Å². The molecule has 0 aliphatic rings. The Labute approximate surface area is 90.0 Å². The Morgan fingerprint density at radius 1 is 1.62 bits per heavy atom. The van der Waals surface area contributed by atoms with E-state index < -0.39 is 0 Å². The molecule has 0 fully saturated rings. The number of hydrogen-bond donors (Lipinski definition) is 0. The molecule has 0 saturated carbocycles. The van der Waals surface area contributed by atoms with E-state index >= 15 is 0 Å². The Balaban J connectivity index is 2.40. The Morgan fingerprint density at radius 2 is 2.38 bits per heavy atom. The van der Waals surface area contributed by atoms with Crippen LogP contribution in [0.15, 0.2) is 15.9 Å². The van der Waals surface area contributed by atoms with Gasteiger partial charge >= 0.3 is 0 Å². The van der Waals surface area contributed by atoms with Gasteiger partial charge in [-0.2, -0.15) is 0 Å². The lowest BCUT2D eigenvalue weighted by atomic mass is 10.3. The van der Waals surface area contributed by atoms with Crippen molar-refractivity contribution >= 4 is 33.0 Å². The Bertz CT molecular complexity index is 283. The van der Waals surface area contributed by atoms with E-state index in [1.807, 2.05) is 19.1 Å². The largest absolute Gasteiger partial charge is 0.373 e. The number of Topliss-reactive ketones (excluding diaryl/α,β-unsaturated/α-hetero) is 1. The van der Waals surface area contributed by atoms with Crippen LogP contribution in [0.3, 0.4) is 0 Å². The van der Waals surface area contributed by atoms with Crippen LogP contribution in [0.2, 0.25) is 0 Å². The molecule has 72 valence electrons. The van der Waals surface area contributed by atoms with E-state index in [1.165, 1.54) is 11.3 Å². The zero-order valence-corrected chi connectivity index (χ0v) is 9.78. The van der Waals surface area contributed by atoms with Crippen LogP contribution in [0.5, 0.6) is 0 Å². The summed E-state index contributed by atoms with van der Waals surface area (Å²) in [6, 6.07) is 3.68. The van der Waals surface area contributed by atoms with Crippen molar-refractivity contribution in [2.75, 3.05) is 13.2 Å². The first kappa shape index (κ1) is 10.9. The monoisotopic (exact) mass is 262 g/mol. The summed E-state index contributed by atoms with van der Waals surface area (Å²) in [5.74, 6) is 0.0594. The zero-order chi connectivity index (χ0) is 9.68. The Morgan fingerprint density at radius 3 is 2.92 bits per heavy atom. The van der Waals surface area contributed by atoms with Gasteiger partial charge in [-0.3, -0.25) is 4.79 Å². The highest BCUT2D eigenvalue weighted by molar-refractivity contribution is 9.11. The topological polar surface area (TPSA) is 26.3 Å². The summed E-state index contributed by atoms with van der Waals surface area (Å²) in [6.45, 7) is 2.87. The molecule has 0 aliphatic carbocycles. The van der Waals surface area contributed by atoms with Crippen LogP contribution in [0.25, 0.3) is 0 Å². The molecule has 0 N–H and O–H groups in total. The minimum atomic E-state index is 0.0594. The molecule has 0 unspecified atom stereocenters. The quantitative estimate of drug-likeness (QED) is 0.602. The lowest BCUT2D eigenvalue weighted by molar-refractivity contribution is 0.0765. The summed E-state index contributed by atoms with van der Waals surface area (Å²) >= 11 is 4.75. The summed E-state index contributed by atoms with van der Waals surface area (Å²) in [7, 11) is 0. The standard InChI is InChI=1S/C9H11BrO2S/c1-2-5-12-6-7(11)8-3-4-9(10)13-8/h3-4H,2,5-6H2,1H3. The zero-order valence-electron chi connectivity index (χ0n) is 7.38. The molecule has 0 amide bonds. The van der Waals surface area contributed by atoms with E-state index in [4.69, 9.17) is 4.74 Å². The van der Waals surface area contributed by atoms with Crippen molar-refractivity contribution in [3.8, 4) is 0 Å². The van der Waals surface area contributed by atoms with Gasteiger partial charge in [-0.15, -0.1) is 11.3 Å². The maximum absolute atomic E-state index is 11.4. The number of ether oxygens (including phenoxy) is 1. The van der Waals surface area contributed by atoms with Crippen molar-refractivity contribution in [3.63, 3.8) is 0 Å². The first-order valence-corrected chi connectivity index (χ1v) is 5.71. The van der Waals surface area contributed by atoms with Crippen LogP contribution < -0.4 is 0 Å². The fourth-order valence-corrected chi connectivity index (χ4v) is 2.15. The van der Waals surface area contributed by atoms with Gasteiger partial charge in [0.25, 0.3) is 0 Å². The van der Waals surface area contributed by atoms with E-state index in [9.17, 15) is 4.79 Å². The SMILES string of the molecule is CCCOCC(=O)c1ccc(Br)s1. The first-order chi connectivity index (χ1) is 6.24. The second-order valence-electron chi connectivity index (χ2n) is 2.58. The lowest BCUT2D eigenvalue weighted by Gasteiger charge is -1.98. The van der Waals surface area contributed by atoms with Crippen molar-refractivity contribution in [3.05, 3.63) is 20.8 Å². The van der Waals surface area contributed by atoms with Gasteiger partial charge in [0.05, 0.1) is 8.66 Å². The number of carbonyl (C=O) groups excluding carboxylic acids is 1. The number of hydrogen-bond acceptors (Lipinski definition) is 3. The molecule has 0 aliphatic heterocycles. The smallest absolute Gasteiger partial charge is 0.198 e. The fourth-order valence-electron chi connectivity index (χ4n) is 0.844. The van der Waals surface area contributed by atoms with Crippen LogP contribution in [0.4, 0.5) is 0 Å². The highest BCUT2D eigenvalue weighted by atomic mass is 79.9. The van der Waals surface area contributed by atoms with Gasteiger partial charge in [-0.25, -0.2) is 0 Å². The number of ketones is 1. The van der Waals surface area contributed by atoms with Gasteiger partial charge in [0.2, 0.25) is 0 Å². The number of rotatable bonds is 5. The Kier molecular flexibility index (Phi) is 4.62. The van der Waals surface area contributed by atoms with Crippen LogP contribution in [-0.4, -0.2) is 19.0 Å². The summed E-state index contributed by atoms with van der Waals surface area (Å²) in [4.78, 5) is 12.2. The van der Waals surface area contributed by atoms with Crippen LogP contribution in [0.1, 0.15) is 23.0 Å². The van der Waals surface area contributed by atoms with Crippen molar-refractivity contribution in [1.82, 2.24) is 0 Å². The molecular formula is C9H11BrO2S. The summed E-state index contributed by atoms with van der Waals surface area (Å²) < 4.78 is 6.13. The van der Waals surface area contributed by atoms with Gasteiger partial charge in [-0.1, -0.05) is 6.92 Å². The van der Waals surface area contributed by atoms with E-state index in [1.54, 1.807) is 0 Å². The molecular weight excluding hydrogens is 252 g/mol. The first-order valence-electron chi connectivity index (χ1n) is 4.10. The lowest BCUT2D eigenvalue weighted by Crippen LogP contribution is -2.07. The predicted molar refractivity (Wildman–Crippen MR) is 57.5 cm³/mol. The molecule has 4 heteroatoms. The van der Waals surface area contributed by atoms with Gasteiger partial charge in [0.15, 0.2) is 5.78 Å². The molecule has 0 aromatic carbocycles. The summed E-state index contributed by atoms with van der Waals surface area (Å²) in [6.07, 6.45) is 0.946. The molecule has 2 nitrogen and oxygen atoms in total. The van der Waals surface area contributed by atoms with Gasteiger partial charge in [0.1, 0.15) is 6.61 Å². The third-order valence-electron chi connectivity index (χ3n) is 1.43. The molecule has 0 saturated heterocycles. The third kappa shape index (κ3) is 3.58. The fraction of sp³-hybridized carbons (Fsp3) is 0.444. The van der Waals surface area contributed by atoms with Gasteiger partial charge < -0.3 is 4.74 Å². The number of halogens is 1. The number of carbonyl (C=O) groups is 1. The second kappa shape index (κ2) is 5.52. The van der Waals surface area contributed by atoms with E-state index in [-0.39, 0.29) is 12.4 Å². The second-order valence-corrected chi connectivity index (χ2v) is 5.04. The van der Waals surface area contributed by atoms with Crippen molar-refractivity contribution in [2.24, 2.45) is 0 Å². The molecule has 0 atom stereocenters. The third-order valence-corrected chi connectivity index (χ3v) is 3.09. The molecule has 1 heterocycles. The van der Waals surface area contributed by atoms with Crippen LogP contribution in [0, 0.1) is 0 Å². The van der Waals surface area contributed by atoms with Crippen molar-refractivity contribution in [1.29, 1.82) is 0 Å². The van der Waals surface area contributed by atoms with Crippen molar-refractivity contribution in [2.45, 2.75) is 13.3 Å².